The van der Waals surface area contributed by atoms with Crippen LogP contribution in [0.3, 0.4) is 0 Å². The maximum absolute atomic E-state index is 12.8. The minimum atomic E-state index is -4.21. The molecule has 1 aliphatic heterocycles. The summed E-state index contributed by atoms with van der Waals surface area (Å²) in [6.07, 6.45) is 1.41. The zero-order chi connectivity index (χ0) is 20.9. The Morgan fingerprint density at radius 3 is 2.54 bits per heavy atom. The predicted octanol–water partition coefficient (Wildman–Crippen LogP) is 2.89. The molecule has 2 aromatic rings. The van der Waals surface area contributed by atoms with E-state index in [1.165, 1.54) is 38.5 Å². The summed E-state index contributed by atoms with van der Waals surface area (Å²) < 4.78 is 55.4. The van der Waals surface area contributed by atoms with Crippen LogP contribution in [0.15, 0.2) is 30.5 Å². The van der Waals surface area contributed by atoms with Crippen LogP contribution < -0.4 is 4.18 Å². The highest BCUT2D eigenvalue weighted by Gasteiger charge is 2.35. The third kappa shape index (κ3) is 3.58. The molecule has 0 atom stereocenters. The zero-order valence-electron chi connectivity index (χ0n) is 14.5. The fourth-order valence-electron chi connectivity index (χ4n) is 2.56. The van der Waals surface area contributed by atoms with Crippen LogP contribution in [0.2, 0.25) is 10.0 Å². The van der Waals surface area contributed by atoms with E-state index in [4.69, 9.17) is 27.4 Å². The molecule has 1 aliphatic rings. The van der Waals surface area contributed by atoms with Crippen molar-refractivity contribution in [2.75, 3.05) is 14.1 Å². The molecule has 0 saturated carbocycles. The van der Waals surface area contributed by atoms with Crippen molar-refractivity contribution in [1.82, 2.24) is 9.29 Å². The lowest BCUT2D eigenvalue weighted by molar-refractivity contribution is 0.421. The van der Waals surface area contributed by atoms with Crippen molar-refractivity contribution in [3.63, 3.8) is 0 Å². The van der Waals surface area contributed by atoms with Crippen LogP contribution in [0.4, 0.5) is 0 Å². The van der Waals surface area contributed by atoms with E-state index in [2.05, 4.69) is 4.98 Å². The van der Waals surface area contributed by atoms with Crippen molar-refractivity contribution in [2.45, 2.75) is 5.75 Å². The number of hydrogen-bond donors (Lipinski definition) is 1. The summed E-state index contributed by atoms with van der Waals surface area (Å²) in [6, 6.07) is 5.58. The van der Waals surface area contributed by atoms with Gasteiger partial charge < -0.3 is 9.29 Å². The van der Waals surface area contributed by atoms with Gasteiger partial charge in [0.1, 0.15) is 10.6 Å². The quantitative estimate of drug-likeness (QED) is 0.739. The lowest BCUT2D eigenvalue weighted by Gasteiger charge is -2.21. The molecular formula is C16H14Cl2N2O6S2. The Morgan fingerprint density at radius 1 is 1.21 bits per heavy atom. The van der Waals surface area contributed by atoms with Crippen molar-refractivity contribution in [1.29, 1.82) is 0 Å². The van der Waals surface area contributed by atoms with Gasteiger partial charge in [-0.25, -0.2) is 8.42 Å². The molecule has 150 valence electrons. The number of sulfone groups is 1. The number of benzene rings is 1. The van der Waals surface area contributed by atoms with E-state index >= 15 is 0 Å². The highest BCUT2D eigenvalue weighted by Crippen LogP contribution is 2.44. The molecule has 0 saturated heterocycles. The zero-order valence-corrected chi connectivity index (χ0v) is 17.7. The molecular weight excluding hydrogens is 451 g/mol. The van der Waals surface area contributed by atoms with Gasteiger partial charge in [-0.1, -0.05) is 35.3 Å². The monoisotopic (exact) mass is 464 g/mol. The van der Waals surface area contributed by atoms with Crippen LogP contribution in [0, 0.1) is 0 Å². The summed E-state index contributed by atoms with van der Waals surface area (Å²) in [5.41, 5.74) is 0.283. The normalized spacial score (nSPS) is 16.2. The highest BCUT2D eigenvalue weighted by molar-refractivity contribution is 8.00. The lowest BCUT2D eigenvalue weighted by Crippen LogP contribution is -2.27. The molecule has 0 bridgehead atoms. The molecule has 1 aromatic heterocycles. The van der Waals surface area contributed by atoms with Gasteiger partial charge in [-0.2, -0.15) is 12.7 Å². The maximum atomic E-state index is 12.8. The van der Waals surface area contributed by atoms with Crippen LogP contribution in [0.1, 0.15) is 16.8 Å². The second-order valence-electron chi connectivity index (χ2n) is 6.01. The summed E-state index contributed by atoms with van der Waals surface area (Å²) in [5, 5.41) is 10.1. The van der Waals surface area contributed by atoms with Crippen LogP contribution in [0.25, 0.3) is 10.7 Å². The van der Waals surface area contributed by atoms with E-state index in [9.17, 15) is 21.9 Å². The van der Waals surface area contributed by atoms with E-state index < -0.39 is 42.3 Å². The molecule has 0 radical (unpaired) electrons. The van der Waals surface area contributed by atoms with Gasteiger partial charge >= 0.3 is 10.3 Å². The molecule has 1 aromatic carbocycles. The van der Waals surface area contributed by atoms with Gasteiger partial charge in [-0.3, -0.25) is 4.98 Å². The number of rotatable bonds is 4. The second-order valence-corrected chi connectivity index (χ2v) is 10.5. The number of aliphatic hydroxyl groups is 1. The van der Waals surface area contributed by atoms with Crippen molar-refractivity contribution in [2.24, 2.45) is 0 Å². The van der Waals surface area contributed by atoms with Crippen LogP contribution >= 0.6 is 23.2 Å². The molecule has 0 fully saturated rings. The molecule has 0 amide bonds. The topological polar surface area (TPSA) is 114 Å². The maximum Gasteiger partial charge on any atom is 0.384 e. The van der Waals surface area contributed by atoms with Crippen molar-refractivity contribution in [3.05, 3.63) is 57.3 Å². The second kappa shape index (κ2) is 7.20. The van der Waals surface area contributed by atoms with E-state index in [-0.39, 0.29) is 21.3 Å². The summed E-state index contributed by atoms with van der Waals surface area (Å²) in [6.45, 7) is 0. The van der Waals surface area contributed by atoms with E-state index in [0.29, 0.717) is 5.56 Å². The largest absolute Gasteiger partial charge is 0.504 e. The molecule has 12 heteroatoms. The molecule has 2 heterocycles. The van der Waals surface area contributed by atoms with Crippen LogP contribution in [-0.2, 0) is 25.9 Å². The third-order valence-electron chi connectivity index (χ3n) is 3.92. The van der Waals surface area contributed by atoms with Gasteiger partial charge in [0.05, 0.1) is 15.8 Å². The Balaban J connectivity index is 2.26. The number of aliphatic hydroxyl groups excluding tert-OH is 1. The first kappa shape index (κ1) is 20.9. The highest BCUT2D eigenvalue weighted by atomic mass is 35.5. The minimum absolute atomic E-state index is 0.0988. The minimum Gasteiger partial charge on any atom is -0.504 e. The molecule has 3 rings (SSSR count). The van der Waals surface area contributed by atoms with Crippen molar-refractivity contribution in [3.8, 4) is 5.75 Å². The lowest BCUT2D eigenvalue weighted by atomic mass is 10.1. The number of fused-ring (bicyclic) bond motifs is 1. The van der Waals surface area contributed by atoms with E-state index in [1.54, 1.807) is 6.07 Å². The fourth-order valence-corrected chi connectivity index (χ4v) is 5.46. The molecule has 28 heavy (non-hydrogen) atoms. The Hall–Kier alpha value is -1.85. The molecule has 0 spiro atoms. The Bertz CT molecular complexity index is 1210. The van der Waals surface area contributed by atoms with E-state index in [1.807, 2.05) is 0 Å². The Labute approximate surface area is 172 Å². The average molecular weight is 465 g/mol. The number of nitrogens with zero attached hydrogens (tertiary/aromatic N) is 2. The number of halogens is 2. The van der Waals surface area contributed by atoms with Gasteiger partial charge in [0.25, 0.3) is 0 Å². The van der Waals surface area contributed by atoms with Crippen LogP contribution in [0.5, 0.6) is 5.75 Å². The Kier molecular flexibility index (Phi) is 5.36. The number of pyridine rings is 1. The summed E-state index contributed by atoms with van der Waals surface area (Å²) in [5.74, 6) is -1.44. The molecule has 0 aliphatic carbocycles. The first-order valence-electron chi connectivity index (χ1n) is 7.66. The third-order valence-corrected chi connectivity index (χ3v) is 7.59. The first-order valence-corrected chi connectivity index (χ1v) is 11.4. The van der Waals surface area contributed by atoms with Gasteiger partial charge in [-0.15, -0.1) is 0 Å². The molecule has 0 unspecified atom stereocenters. The summed E-state index contributed by atoms with van der Waals surface area (Å²) in [7, 11) is -5.74. The van der Waals surface area contributed by atoms with E-state index in [0.717, 1.165) is 4.31 Å². The standard InChI is InChI=1S/C16H14Cl2N2O6S2/c1-20(2)28(24,25)26-15-11(17)6-5-10(12(15)18)16-14(21)13-9(4-3-7-19-13)8-27(16,22)23/h3-7,21H,8H2,1-2H3. The average Bonchev–Trinajstić information content (AvgIpc) is 2.59. The van der Waals surface area contributed by atoms with Crippen molar-refractivity contribution >= 4 is 54.0 Å². The number of aromatic nitrogens is 1. The molecule has 8 nitrogen and oxygen atoms in total. The van der Waals surface area contributed by atoms with Gasteiger partial charge in [0.15, 0.2) is 21.3 Å². The number of hydrogen-bond acceptors (Lipinski definition) is 7. The Morgan fingerprint density at radius 2 is 1.89 bits per heavy atom. The first-order chi connectivity index (χ1) is 13.0. The SMILES string of the molecule is CN(C)S(=O)(=O)Oc1c(Cl)ccc(C2=C(O)c3ncccc3CS2(=O)=O)c1Cl. The smallest absolute Gasteiger partial charge is 0.384 e. The summed E-state index contributed by atoms with van der Waals surface area (Å²) in [4.78, 5) is 3.54. The van der Waals surface area contributed by atoms with Gasteiger partial charge in [-0.05, 0) is 17.7 Å². The molecule has 1 N–H and O–H groups in total. The van der Waals surface area contributed by atoms with Gasteiger partial charge in [0.2, 0.25) is 0 Å². The van der Waals surface area contributed by atoms with Gasteiger partial charge in [0, 0.05) is 25.9 Å². The summed E-state index contributed by atoms with van der Waals surface area (Å²) >= 11 is 12.3. The predicted molar refractivity (Wildman–Crippen MR) is 106 cm³/mol. The fraction of sp³-hybridized carbons (Fsp3) is 0.188. The van der Waals surface area contributed by atoms with Crippen molar-refractivity contribution < 1.29 is 26.1 Å². The van der Waals surface area contributed by atoms with Crippen LogP contribution in [-0.4, -0.2) is 45.3 Å².